The first-order valence-electron chi connectivity index (χ1n) is 7.80. The Labute approximate surface area is 141 Å². The van der Waals surface area contributed by atoms with Crippen molar-refractivity contribution in [1.29, 1.82) is 0 Å². The van der Waals surface area contributed by atoms with Crippen LogP contribution in [0.4, 0.5) is 0 Å². The van der Waals surface area contributed by atoms with Crippen LogP contribution in [0.3, 0.4) is 0 Å². The number of nitrogens with zero attached hydrogens (tertiary/aromatic N) is 1. The fourth-order valence-corrected chi connectivity index (χ4v) is 2.67. The van der Waals surface area contributed by atoms with Crippen molar-refractivity contribution in [2.24, 2.45) is 16.8 Å². The van der Waals surface area contributed by atoms with E-state index in [1.807, 2.05) is 14.0 Å². The first kappa shape index (κ1) is 20.0. The van der Waals surface area contributed by atoms with E-state index in [0.29, 0.717) is 0 Å². The summed E-state index contributed by atoms with van der Waals surface area (Å²) in [7, 11) is 1.84. The van der Waals surface area contributed by atoms with E-state index in [1.54, 1.807) is 0 Å². The van der Waals surface area contributed by atoms with Gasteiger partial charge in [0.05, 0.1) is 0 Å². The number of nitrogens with one attached hydrogen (secondary N) is 2. The molecule has 0 spiro atoms. The van der Waals surface area contributed by atoms with Crippen molar-refractivity contribution in [2.75, 3.05) is 33.4 Å². The minimum Gasteiger partial charge on any atom is -0.382 e. The van der Waals surface area contributed by atoms with Crippen LogP contribution in [-0.4, -0.2) is 39.3 Å². The minimum atomic E-state index is 0. The van der Waals surface area contributed by atoms with Crippen molar-refractivity contribution in [1.82, 2.24) is 10.6 Å². The normalized spacial score (nSPS) is 23.1. The highest BCUT2D eigenvalue weighted by Gasteiger charge is 2.21. The zero-order chi connectivity index (χ0) is 13.9. The molecule has 120 valence electrons. The van der Waals surface area contributed by atoms with E-state index in [0.717, 1.165) is 50.5 Å². The zero-order valence-corrected chi connectivity index (χ0v) is 15.6. The first-order chi connectivity index (χ1) is 9.27. The van der Waals surface area contributed by atoms with Crippen molar-refractivity contribution < 1.29 is 4.74 Å². The van der Waals surface area contributed by atoms with Gasteiger partial charge in [0.1, 0.15) is 0 Å². The highest BCUT2D eigenvalue weighted by molar-refractivity contribution is 14.0. The van der Waals surface area contributed by atoms with Crippen LogP contribution in [0.5, 0.6) is 0 Å². The Bertz CT molecular complexity index is 262. The van der Waals surface area contributed by atoms with E-state index in [9.17, 15) is 0 Å². The fourth-order valence-electron chi connectivity index (χ4n) is 2.67. The number of ether oxygens (including phenoxy) is 1. The maximum absolute atomic E-state index is 5.32. The van der Waals surface area contributed by atoms with Crippen LogP contribution in [-0.2, 0) is 4.74 Å². The largest absolute Gasteiger partial charge is 0.382 e. The lowest BCUT2D eigenvalue weighted by atomic mass is 9.80. The molecule has 4 nitrogen and oxygen atoms in total. The van der Waals surface area contributed by atoms with Gasteiger partial charge < -0.3 is 15.4 Å². The number of guanidine groups is 1. The van der Waals surface area contributed by atoms with E-state index >= 15 is 0 Å². The molecule has 0 heterocycles. The van der Waals surface area contributed by atoms with Crippen molar-refractivity contribution in [3.8, 4) is 0 Å². The monoisotopic (exact) mass is 397 g/mol. The molecular weight excluding hydrogens is 365 g/mol. The molecule has 0 aromatic rings. The van der Waals surface area contributed by atoms with Crippen molar-refractivity contribution >= 4 is 29.9 Å². The second kappa shape index (κ2) is 12.7. The second-order valence-corrected chi connectivity index (χ2v) is 5.45. The lowest BCUT2D eigenvalue weighted by molar-refractivity contribution is 0.145. The van der Waals surface area contributed by atoms with Gasteiger partial charge in [-0.05, 0) is 31.6 Å². The van der Waals surface area contributed by atoms with Gasteiger partial charge >= 0.3 is 0 Å². The third-order valence-corrected chi connectivity index (χ3v) is 4.01. The summed E-state index contributed by atoms with van der Waals surface area (Å²) in [6.45, 7) is 7.99. The molecule has 2 atom stereocenters. The minimum absolute atomic E-state index is 0. The molecule has 1 aliphatic rings. The van der Waals surface area contributed by atoms with Gasteiger partial charge in [-0.15, -0.1) is 24.0 Å². The molecule has 1 saturated carbocycles. The van der Waals surface area contributed by atoms with Gasteiger partial charge in [0.15, 0.2) is 5.96 Å². The molecule has 1 rings (SSSR count). The summed E-state index contributed by atoms with van der Waals surface area (Å²) in [4.78, 5) is 4.27. The molecule has 2 N–H and O–H groups in total. The first-order valence-corrected chi connectivity index (χ1v) is 7.80. The summed E-state index contributed by atoms with van der Waals surface area (Å²) in [6, 6.07) is 0. The van der Waals surface area contributed by atoms with E-state index in [4.69, 9.17) is 4.74 Å². The maximum Gasteiger partial charge on any atom is 0.190 e. The van der Waals surface area contributed by atoms with Gasteiger partial charge in [-0.3, -0.25) is 4.99 Å². The highest BCUT2D eigenvalue weighted by Crippen LogP contribution is 2.28. The third-order valence-electron chi connectivity index (χ3n) is 4.01. The molecule has 0 amide bonds. The number of halogens is 1. The van der Waals surface area contributed by atoms with Crippen LogP contribution < -0.4 is 10.6 Å². The van der Waals surface area contributed by atoms with Gasteiger partial charge in [0.25, 0.3) is 0 Å². The summed E-state index contributed by atoms with van der Waals surface area (Å²) in [5.41, 5.74) is 0. The average Bonchev–Trinajstić information content (AvgIpc) is 2.43. The molecule has 5 heteroatoms. The van der Waals surface area contributed by atoms with Crippen LogP contribution in [0.1, 0.15) is 46.0 Å². The fraction of sp³-hybridized carbons (Fsp3) is 0.933. The van der Waals surface area contributed by atoms with Crippen LogP contribution in [0.15, 0.2) is 4.99 Å². The Balaban J connectivity index is 0.00000361. The summed E-state index contributed by atoms with van der Waals surface area (Å²) >= 11 is 0. The molecule has 1 aliphatic carbocycles. The molecule has 1 fully saturated rings. The number of hydrogen-bond acceptors (Lipinski definition) is 2. The van der Waals surface area contributed by atoms with Crippen LogP contribution in [0.25, 0.3) is 0 Å². The second-order valence-electron chi connectivity index (χ2n) is 5.45. The van der Waals surface area contributed by atoms with E-state index < -0.39 is 0 Å². The molecule has 20 heavy (non-hydrogen) atoms. The number of rotatable bonds is 7. The Morgan fingerprint density at radius 2 is 2.00 bits per heavy atom. The van der Waals surface area contributed by atoms with Crippen LogP contribution in [0.2, 0.25) is 0 Å². The summed E-state index contributed by atoms with van der Waals surface area (Å²) in [6.07, 6.45) is 6.55. The predicted molar refractivity (Wildman–Crippen MR) is 97.0 cm³/mol. The van der Waals surface area contributed by atoms with Crippen LogP contribution >= 0.6 is 24.0 Å². The molecule has 0 aromatic heterocycles. The average molecular weight is 397 g/mol. The van der Waals surface area contributed by atoms with Crippen molar-refractivity contribution in [2.45, 2.75) is 46.0 Å². The highest BCUT2D eigenvalue weighted by atomic mass is 127. The Kier molecular flexibility index (Phi) is 12.7. The predicted octanol–water partition coefficient (Wildman–Crippen LogP) is 3.02. The Morgan fingerprint density at radius 3 is 2.65 bits per heavy atom. The summed E-state index contributed by atoms with van der Waals surface area (Å²) in [5, 5.41) is 6.80. The van der Waals surface area contributed by atoms with Crippen LogP contribution in [0, 0.1) is 11.8 Å². The lowest BCUT2D eigenvalue weighted by Gasteiger charge is -2.29. The topological polar surface area (TPSA) is 45.6 Å². The van der Waals surface area contributed by atoms with E-state index in [2.05, 4.69) is 22.5 Å². The maximum atomic E-state index is 5.32. The van der Waals surface area contributed by atoms with Gasteiger partial charge in [-0.2, -0.15) is 0 Å². The molecule has 0 aliphatic heterocycles. The molecule has 0 bridgehead atoms. The van der Waals surface area contributed by atoms with Gasteiger partial charge in [0.2, 0.25) is 0 Å². The lowest BCUT2D eigenvalue weighted by Crippen LogP contribution is -2.41. The quantitative estimate of drug-likeness (QED) is 0.301. The molecule has 2 unspecified atom stereocenters. The van der Waals surface area contributed by atoms with Crippen molar-refractivity contribution in [3.05, 3.63) is 0 Å². The molecule has 0 aromatic carbocycles. The Morgan fingerprint density at radius 1 is 1.25 bits per heavy atom. The molecular formula is C15H32IN3O. The van der Waals surface area contributed by atoms with Crippen molar-refractivity contribution in [3.63, 3.8) is 0 Å². The van der Waals surface area contributed by atoms with Gasteiger partial charge in [-0.25, -0.2) is 0 Å². The summed E-state index contributed by atoms with van der Waals surface area (Å²) < 4.78 is 5.32. The van der Waals surface area contributed by atoms with E-state index in [1.165, 1.54) is 25.7 Å². The molecule has 0 radical (unpaired) electrons. The standard InChI is InChI=1S/C15H31N3O.HI/c1-4-19-11-7-10-17-15(16-3)18-12-14-9-6-5-8-13(14)2;/h13-14H,4-12H2,1-3H3,(H2,16,17,18);1H. The third kappa shape index (κ3) is 8.29. The smallest absolute Gasteiger partial charge is 0.190 e. The van der Waals surface area contributed by atoms with Gasteiger partial charge in [0, 0.05) is 33.4 Å². The Hall–Kier alpha value is -0.0400. The molecule has 0 saturated heterocycles. The number of aliphatic imine (C=N–C) groups is 1. The number of hydrogen-bond donors (Lipinski definition) is 2. The SMILES string of the molecule is CCOCCCNC(=NC)NCC1CCCCC1C.I. The van der Waals surface area contributed by atoms with Gasteiger partial charge in [-0.1, -0.05) is 26.2 Å². The zero-order valence-electron chi connectivity index (χ0n) is 13.3. The summed E-state index contributed by atoms with van der Waals surface area (Å²) in [5.74, 6) is 2.57. The van der Waals surface area contributed by atoms with E-state index in [-0.39, 0.29) is 24.0 Å².